The van der Waals surface area contributed by atoms with Crippen molar-refractivity contribution < 1.29 is 9.63 Å². The molecule has 2 atom stereocenters. The van der Waals surface area contributed by atoms with E-state index in [2.05, 4.69) is 15.4 Å². The third kappa shape index (κ3) is 2.55. The minimum absolute atomic E-state index is 0.0964. The largest absolute Gasteiger partial charge is 0.344 e. The third-order valence-electron chi connectivity index (χ3n) is 4.36. The minimum atomic E-state index is -0.113. The Balaban J connectivity index is 1.47. The first kappa shape index (κ1) is 14.1. The Morgan fingerprint density at radius 1 is 1.26 bits per heavy atom. The number of amides is 2. The highest BCUT2D eigenvalue weighted by Crippen LogP contribution is 2.37. The molecule has 0 spiro atoms. The predicted molar refractivity (Wildman–Crippen MR) is 79.7 cm³/mol. The average molecular weight is 314 g/mol. The number of piperidine rings is 1. The maximum absolute atomic E-state index is 12.6. The van der Waals surface area contributed by atoms with E-state index >= 15 is 0 Å². The van der Waals surface area contributed by atoms with Crippen LogP contribution >= 0.6 is 0 Å². The second-order valence-corrected chi connectivity index (χ2v) is 5.90. The number of hydrogen-bond donors (Lipinski definition) is 0. The molecule has 8 heteroatoms. The summed E-state index contributed by atoms with van der Waals surface area (Å²) in [6.07, 6.45) is 1.70. The molecular weight excluding hydrogens is 296 g/mol. The Bertz CT molecular complexity index is 703. The molecule has 2 amide bonds. The molecule has 0 radical (unpaired) electrons. The smallest absolute Gasteiger partial charge is 0.310 e. The molecule has 2 aromatic rings. The molecule has 8 nitrogen and oxygen atoms in total. The van der Waals surface area contributed by atoms with Crippen LogP contribution in [0, 0.1) is 0 Å². The van der Waals surface area contributed by atoms with Crippen LogP contribution in [0.3, 0.4) is 0 Å². The van der Waals surface area contributed by atoms with Gasteiger partial charge in [0.2, 0.25) is 0 Å². The van der Waals surface area contributed by atoms with Gasteiger partial charge in [0, 0.05) is 6.54 Å². The normalized spacial score (nSPS) is 23.6. The molecule has 2 aliphatic heterocycles. The monoisotopic (exact) mass is 314 g/mol. The van der Waals surface area contributed by atoms with Crippen molar-refractivity contribution in [2.24, 2.45) is 7.05 Å². The second-order valence-electron chi connectivity index (χ2n) is 5.90. The van der Waals surface area contributed by atoms with Crippen molar-refractivity contribution in [2.75, 3.05) is 6.54 Å². The summed E-state index contributed by atoms with van der Waals surface area (Å²) in [5.41, 5.74) is 1.05. The molecule has 1 aromatic carbocycles. The third-order valence-corrected chi connectivity index (χ3v) is 4.36. The molecule has 2 fully saturated rings. The first-order chi connectivity index (χ1) is 11.2. The zero-order chi connectivity index (χ0) is 15.8. The van der Waals surface area contributed by atoms with Gasteiger partial charge >= 0.3 is 6.03 Å². The van der Waals surface area contributed by atoms with Crippen LogP contribution < -0.4 is 0 Å². The van der Waals surface area contributed by atoms with Gasteiger partial charge in [-0.15, -0.1) is 10.2 Å². The van der Waals surface area contributed by atoms with E-state index in [0.29, 0.717) is 19.0 Å². The van der Waals surface area contributed by atoms with Crippen LogP contribution in [0.1, 0.15) is 30.3 Å². The highest BCUT2D eigenvalue weighted by molar-refractivity contribution is 5.77. The molecule has 1 aromatic heterocycles. The molecule has 0 saturated carbocycles. The van der Waals surface area contributed by atoms with E-state index in [0.717, 1.165) is 18.4 Å². The summed E-state index contributed by atoms with van der Waals surface area (Å²) in [5.74, 6) is 0.601. The topological polar surface area (TPSA) is 76.4 Å². The lowest BCUT2D eigenvalue weighted by Crippen LogP contribution is -2.34. The van der Waals surface area contributed by atoms with Gasteiger partial charge < -0.3 is 4.90 Å². The van der Waals surface area contributed by atoms with Crippen molar-refractivity contribution in [3.05, 3.63) is 41.7 Å². The van der Waals surface area contributed by atoms with Crippen molar-refractivity contribution >= 4 is 6.03 Å². The number of aromatic nitrogens is 4. The van der Waals surface area contributed by atoms with Gasteiger partial charge in [-0.05, 0) is 23.6 Å². The lowest BCUT2D eigenvalue weighted by atomic mass is 10.0. The van der Waals surface area contributed by atoms with Crippen LogP contribution in [0.5, 0.6) is 0 Å². The van der Waals surface area contributed by atoms with Gasteiger partial charge in [-0.2, -0.15) is 9.86 Å². The summed E-state index contributed by atoms with van der Waals surface area (Å²) >= 11 is 0. The number of carbonyl (C=O) groups is 1. The van der Waals surface area contributed by atoms with E-state index in [-0.39, 0.29) is 18.1 Å². The average Bonchev–Trinajstić information content (AvgIpc) is 3.11. The minimum Gasteiger partial charge on any atom is -0.310 e. The SMILES string of the molecule is Cn1nnc([C@H]2CC[C@@H]3CN2C(=O)N3OCc2ccccc2)n1. The maximum atomic E-state index is 12.6. The fraction of sp³-hybridized carbons (Fsp3) is 0.467. The Kier molecular flexibility index (Phi) is 3.45. The molecule has 4 rings (SSSR count). The number of benzene rings is 1. The molecular formula is C15H18N6O2. The van der Waals surface area contributed by atoms with Gasteiger partial charge in [0.05, 0.1) is 19.1 Å². The molecule has 2 bridgehead atoms. The number of nitrogens with zero attached hydrogens (tertiary/aromatic N) is 6. The quantitative estimate of drug-likeness (QED) is 0.850. The van der Waals surface area contributed by atoms with Crippen LogP contribution in [-0.2, 0) is 18.5 Å². The summed E-state index contributed by atoms with van der Waals surface area (Å²) in [5, 5.41) is 13.7. The summed E-state index contributed by atoms with van der Waals surface area (Å²) in [7, 11) is 1.73. The first-order valence-corrected chi connectivity index (χ1v) is 7.73. The summed E-state index contributed by atoms with van der Waals surface area (Å²) in [4.78, 5) is 21.6. The predicted octanol–water partition coefficient (Wildman–Crippen LogP) is 1.28. The number of urea groups is 1. The van der Waals surface area contributed by atoms with Crippen molar-refractivity contribution in [3.63, 3.8) is 0 Å². The van der Waals surface area contributed by atoms with E-state index < -0.39 is 0 Å². The highest BCUT2D eigenvalue weighted by Gasteiger charge is 2.47. The van der Waals surface area contributed by atoms with Gasteiger partial charge in [-0.1, -0.05) is 30.3 Å². The Labute approximate surface area is 133 Å². The molecule has 120 valence electrons. The van der Waals surface area contributed by atoms with Crippen molar-refractivity contribution in [3.8, 4) is 0 Å². The highest BCUT2D eigenvalue weighted by atomic mass is 16.7. The van der Waals surface area contributed by atoms with Gasteiger partial charge in [0.25, 0.3) is 0 Å². The summed E-state index contributed by atoms with van der Waals surface area (Å²) in [6, 6.07) is 9.72. The number of aryl methyl sites for hydroxylation is 1. The van der Waals surface area contributed by atoms with E-state index in [1.54, 1.807) is 11.9 Å². The van der Waals surface area contributed by atoms with Crippen molar-refractivity contribution in [1.82, 2.24) is 30.2 Å². The standard InChI is InChI=1S/C15H18N6O2/c1-19-17-14(16-18-19)13-8-7-12-9-20(13)15(22)21(12)23-10-11-5-3-2-4-6-11/h2-6,12-13H,7-10H2,1H3/t12-,13-/m1/s1. The molecule has 2 aliphatic rings. The zero-order valence-corrected chi connectivity index (χ0v) is 12.9. The Morgan fingerprint density at radius 3 is 2.83 bits per heavy atom. The number of hydrogen-bond acceptors (Lipinski definition) is 5. The molecule has 23 heavy (non-hydrogen) atoms. The van der Waals surface area contributed by atoms with E-state index in [4.69, 9.17) is 4.84 Å². The summed E-state index contributed by atoms with van der Waals surface area (Å²) in [6.45, 7) is 1.04. The fourth-order valence-corrected chi connectivity index (χ4v) is 3.22. The molecule has 0 N–H and O–H groups in total. The van der Waals surface area contributed by atoms with Gasteiger partial charge in [0.15, 0.2) is 5.82 Å². The Morgan fingerprint density at radius 2 is 2.09 bits per heavy atom. The van der Waals surface area contributed by atoms with Crippen molar-refractivity contribution in [1.29, 1.82) is 0 Å². The summed E-state index contributed by atoms with van der Waals surface area (Å²) < 4.78 is 0. The Hall–Kier alpha value is -2.48. The van der Waals surface area contributed by atoms with Gasteiger partial charge in [-0.3, -0.25) is 4.84 Å². The lowest BCUT2D eigenvalue weighted by molar-refractivity contribution is -0.140. The van der Waals surface area contributed by atoms with Crippen LogP contribution in [0.25, 0.3) is 0 Å². The second kappa shape index (κ2) is 5.62. The molecule has 2 saturated heterocycles. The van der Waals surface area contributed by atoms with Crippen LogP contribution in [-0.4, -0.2) is 48.8 Å². The van der Waals surface area contributed by atoms with E-state index in [9.17, 15) is 4.79 Å². The molecule has 0 aliphatic carbocycles. The molecule has 0 unspecified atom stereocenters. The molecule has 3 heterocycles. The van der Waals surface area contributed by atoms with Gasteiger partial charge in [0.1, 0.15) is 6.61 Å². The zero-order valence-electron chi connectivity index (χ0n) is 12.9. The van der Waals surface area contributed by atoms with Crippen LogP contribution in [0.2, 0.25) is 0 Å². The number of rotatable bonds is 4. The maximum Gasteiger partial charge on any atom is 0.344 e. The van der Waals surface area contributed by atoms with E-state index in [1.807, 2.05) is 30.3 Å². The van der Waals surface area contributed by atoms with E-state index in [1.165, 1.54) is 9.86 Å². The number of hydroxylamine groups is 2. The fourth-order valence-electron chi connectivity index (χ4n) is 3.22. The first-order valence-electron chi connectivity index (χ1n) is 7.73. The van der Waals surface area contributed by atoms with Crippen LogP contribution in [0.4, 0.5) is 4.79 Å². The lowest BCUT2D eigenvalue weighted by Gasteiger charge is -2.27. The van der Waals surface area contributed by atoms with Gasteiger partial charge in [-0.25, -0.2) is 4.79 Å². The number of carbonyl (C=O) groups excluding carboxylic acids is 1. The van der Waals surface area contributed by atoms with Crippen LogP contribution in [0.15, 0.2) is 30.3 Å². The number of fused-ring (bicyclic) bond motifs is 2. The number of tetrazole rings is 1. The van der Waals surface area contributed by atoms with Crippen molar-refractivity contribution in [2.45, 2.75) is 31.5 Å².